The molecule has 2 N–H and O–H groups in total. The molecule has 3 aromatic heterocycles. The molecule has 2 fully saturated rings. The highest BCUT2D eigenvalue weighted by Gasteiger charge is 2.44. The van der Waals surface area contributed by atoms with Gasteiger partial charge in [-0.15, -0.1) is 11.3 Å². The summed E-state index contributed by atoms with van der Waals surface area (Å²) in [6.45, 7) is 10.1. The van der Waals surface area contributed by atoms with E-state index in [4.69, 9.17) is 9.47 Å². The third-order valence-electron chi connectivity index (χ3n) is 9.96. The fraction of sp³-hybridized carbons (Fsp3) is 0.436. The summed E-state index contributed by atoms with van der Waals surface area (Å²) in [5, 5.41) is 12.9. The van der Waals surface area contributed by atoms with Crippen LogP contribution in [-0.2, 0) is 14.3 Å². The van der Waals surface area contributed by atoms with E-state index >= 15 is 0 Å². The molecule has 13 heteroatoms. The van der Waals surface area contributed by atoms with Gasteiger partial charge in [0.15, 0.2) is 5.82 Å². The fourth-order valence-electron chi connectivity index (χ4n) is 6.93. The van der Waals surface area contributed by atoms with E-state index in [9.17, 15) is 9.59 Å². The molecular formula is C39H48N8O4S. The Bertz CT molecular complexity index is 1920. The molecule has 0 aliphatic carbocycles. The highest BCUT2D eigenvalue weighted by molar-refractivity contribution is 7.15. The van der Waals surface area contributed by atoms with E-state index in [2.05, 4.69) is 42.3 Å². The van der Waals surface area contributed by atoms with Crippen LogP contribution in [0.3, 0.4) is 0 Å². The topological polar surface area (TPSA) is 138 Å². The molecule has 5 heterocycles. The minimum atomic E-state index is -0.564. The lowest BCUT2D eigenvalue weighted by Crippen LogP contribution is -2.45. The lowest BCUT2D eigenvalue weighted by molar-refractivity contribution is -0.134. The Morgan fingerprint density at radius 2 is 1.79 bits per heavy atom. The number of likely N-dealkylation sites (tertiary alicyclic amines) is 2. The second-order valence-electron chi connectivity index (χ2n) is 13.0. The Labute approximate surface area is 309 Å². The van der Waals surface area contributed by atoms with Gasteiger partial charge in [0.25, 0.3) is 0 Å². The molecule has 52 heavy (non-hydrogen) atoms. The van der Waals surface area contributed by atoms with Crippen LogP contribution in [0.1, 0.15) is 57.4 Å². The first kappa shape index (κ1) is 37.1. The lowest BCUT2D eigenvalue weighted by Gasteiger charge is -2.32. The monoisotopic (exact) mass is 724 g/mol. The summed E-state index contributed by atoms with van der Waals surface area (Å²) in [6.07, 6.45) is 8.50. The van der Waals surface area contributed by atoms with Gasteiger partial charge < -0.3 is 19.7 Å². The van der Waals surface area contributed by atoms with Crippen LogP contribution >= 0.6 is 11.3 Å². The maximum Gasteiger partial charge on any atom is 0.236 e. The van der Waals surface area contributed by atoms with Crippen LogP contribution in [0.4, 0.5) is 5.69 Å². The molecule has 2 saturated heterocycles. The third-order valence-corrected chi connectivity index (χ3v) is 11.1. The molecule has 274 valence electrons. The summed E-state index contributed by atoms with van der Waals surface area (Å²) in [6, 6.07) is 15.4. The van der Waals surface area contributed by atoms with Gasteiger partial charge >= 0.3 is 0 Å². The van der Waals surface area contributed by atoms with Crippen LogP contribution < -0.4 is 10.1 Å². The number of H-pyrrole nitrogens is 1. The van der Waals surface area contributed by atoms with E-state index < -0.39 is 5.41 Å². The molecule has 7 rings (SSSR count). The molecule has 5 aromatic rings. The average Bonchev–Trinajstić information content (AvgIpc) is 3.96. The number of piperidine rings is 1. The number of carbonyl (C=O) groups excluding carboxylic acids is 2. The second kappa shape index (κ2) is 17.2. The molecular weight excluding hydrogens is 677 g/mol. The van der Waals surface area contributed by atoms with E-state index in [-0.39, 0.29) is 11.8 Å². The number of ether oxygens (including phenoxy) is 2. The predicted octanol–water partition coefficient (Wildman–Crippen LogP) is 6.64. The van der Waals surface area contributed by atoms with Gasteiger partial charge in [0.2, 0.25) is 11.8 Å². The molecule has 12 nitrogen and oxygen atoms in total. The average molecular weight is 725 g/mol. The molecule has 2 aliphatic heterocycles. The van der Waals surface area contributed by atoms with Crippen molar-refractivity contribution in [2.75, 3.05) is 58.4 Å². The van der Waals surface area contributed by atoms with Crippen molar-refractivity contribution in [1.82, 2.24) is 34.9 Å². The lowest BCUT2D eigenvalue weighted by atomic mass is 9.83. The third kappa shape index (κ3) is 8.32. The van der Waals surface area contributed by atoms with Crippen LogP contribution in [-0.4, -0.2) is 99.8 Å². The van der Waals surface area contributed by atoms with E-state index in [1.165, 1.54) is 0 Å². The number of hydrogen-bond donors (Lipinski definition) is 2. The number of benzene rings is 2. The van der Waals surface area contributed by atoms with Crippen LogP contribution in [0, 0.1) is 5.41 Å². The van der Waals surface area contributed by atoms with Crippen molar-refractivity contribution < 1.29 is 19.1 Å². The normalized spacial score (nSPS) is 17.9. The summed E-state index contributed by atoms with van der Waals surface area (Å²) < 4.78 is 10.8. The van der Waals surface area contributed by atoms with Crippen molar-refractivity contribution in [2.24, 2.45) is 5.41 Å². The van der Waals surface area contributed by atoms with Crippen LogP contribution in [0.15, 0.2) is 67.1 Å². The summed E-state index contributed by atoms with van der Waals surface area (Å²) in [5.74, 6) is 1.90. The van der Waals surface area contributed by atoms with Crippen LogP contribution in [0.5, 0.6) is 5.75 Å². The Morgan fingerprint density at radius 1 is 1.02 bits per heavy atom. The fourth-order valence-corrected chi connectivity index (χ4v) is 7.96. The van der Waals surface area contributed by atoms with Gasteiger partial charge in [0.05, 0.1) is 39.7 Å². The van der Waals surface area contributed by atoms with Gasteiger partial charge in [-0.1, -0.05) is 20.8 Å². The quantitative estimate of drug-likeness (QED) is 0.136. The summed E-state index contributed by atoms with van der Waals surface area (Å²) in [5.41, 5.74) is 2.79. The van der Waals surface area contributed by atoms with Gasteiger partial charge in [-0.3, -0.25) is 19.6 Å². The Balaban J connectivity index is 0.00000228. The van der Waals surface area contributed by atoms with Gasteiger partial charge in [-0.05, 0) is 80.8 Å². The number of aromatic amines is 1. The molecule has 2 aliphatic rings. The maximum atomic E-state index is 13.8. The number of amides is 2. The zero-order valence-corrected chi connectivity index (χ0v) is 31.2. The van der Waals surface area contributed by atoms with Crippen LogP contribution in [0.2, 0.25) is 0 Å². The summed E-state index contributed by atoms with van der Waals surface area (Å²) in [4.78, 5) is 45.7. The Morgan fingerprint density at radius 3 is 2.52 bits per heavy atom. The first-order valence-corrected chi connectivity index (χ1v) is 19.0. The molecule has 1 atom stereocenters. The maximum absolute atomic E-state index is 13.8. The van der Waals surface area contributed by atoms with Crippen molar-refractivity contribution in [3.05, 3.63) is 72.1 Å². The molecule has 1 unspecified atom stereocenters. The number of rotatable bonds is 12. The Hall–Kier alpha value is -4.72. The van der Waals surface area contributed by atoms with Crippen molar-refractivity contribution in [1.29, 1.82) is 0 Å². The minimum absolute atomic E-state index is 0.0126. The molecule has 2 aromatic carbocycles. The van der Waals surface area contributed by atoms with E-state index in [0.29, 0.717) is 70.5 Å². The van der Waals surface area contributed by atoms with Crippen molar-refractivity contribution in [3.8, 4) is 27.7 Å². The van der Waals surface area contributed by atoms with E-state index in [1.807, 2.05) is 67.4 Å². The number of carbonyl (C=O) groups is 2. The number of aromatic nitrogens is 5. The highest BCUT2D eigenvalue weighted by atomic mass is 32.1. The molecule has 0 saturated carbocycles. The zero-order chi connectivity index (χ0) is 36.5. The van der Waals surface area contributed by atoms with Gasteiger partial charge in [0, 0.05) is 67.9 Å². The summed E-state index contributed by atoms with van der Waals surface area (Å²) >= 11 is 1.64. The van der Waals surface area contributed by atoms with Crippen molar-refractivity contribution >= 4 is 39.7 Å². The van der Waals surface area contributed by atoms with Crippen LogP contribution in [0.25, 0.3) is 32.9 Å². The van der Waals surface area contributed by atoms with Crippen molar-refractivity contribution in [2.45, 2.75) is 52.4 Å². The number of methoxy groups -OCH3 is 1. The smallest absolute Gasteiger partial charge is 0.236 e. The molecule has 0 bridgehead atoms. The van der Waals surface area contributed by atoms with E-state index in [0.717, 1.165) is 56.3 Å². The van der Waals surface area contributed by atoms with E-state index in [1.54, 1.807) is 36.9 Å². The number of thiazole rings is 1. The van der Waals surface area contributed by atoms with Gasteiger partial charge in [-0.25, -0.2) is 15.0 Å². The molecule has 2 amide bonds. The zero-order valence-electron chi connectivity index (χ0n) is 30.4. The number of fused-ring (bicyclic) bond motifs is 1. The Kier molecular flexibility index (Phi) is 12.3. The molecule has 0 spiro atoms. The number of anilines is 1. The number of hydrogen-bond acceptors (Lipinski definition) is 10. The number of nitrogens with one attached hydrogen (secondary N) is 2. The predicted molar refractivity (Wildman–Crippen MR) is 204 cm³/mol. The number of nitrogens with zero attached hydrogens (tertiary/aromatic N) is 6. The largest absolute Gasteiger partial charge is 0.491 e. The summed E-state index contributed by atoms with van der Waals surface area (Å²) in [7, 11) is 1.65. The first-order valence-electron chi connectivity index (χ1n) is 18.2. The first-order chi connectivity index (χ1) is 25.4. The minimum Gasteiger partial charge on any atom is -0.491 e. The molecule has 0 radical (unpaired) electrons. The van der Waals surface area contributed by atoms with Gasteiger partial charge in [-0.2, -0.15) is 5.10 Å². The van der Waals surface area contributed by atoms with Gasteiger partial charge in [0.1, 0.15) is 12.4 Å². The SMILES string of the molecule is CC.CCC1(C(=O)Nc2ccc3[nH]nc(-c4ccc(OCCOC)cc4)c3c2)CCN(CC(=O)N2CCC(c3ncc(-c4ncccn4)s3)CC2)C1. The van der Waals surface area contributed by atoms with Crippen molar-refractivity contribution in [3.63, 3.8) is 0 Å². The highest BCUT2D eigenvalue weighted by Crippen LogP contribution is 2.37. The standard InChI is InChI=1S/C37H42N8O4S.C2H6/c1-3-37(36(47)41-27-7-10-30-29(21-27)33(43-42-30)25-5-8-28(9-6-25)49-20-19-48-2)13-18-44(24-37)23-32(46)45-16-11-26(12-17-45)35-40-22-31(50-35)34-38-14-4-15-39-34;1-2/h4-10,14-15,21-22,26H,3,11-13,16-20,23-24H2,1-2H3,(H,41,47)(H,42,43);1-2H3. The second-order valence-corrected chi connectivity index (χ2v) is 14.1.